The molecule has 0 aromatic rings. The molecular formula is C11H18O3S2. The van der Waals surface area contributed by atoms with E-state index in [-0.39, 0.29) is 11.9 Å². The Bertz CT molecular complexity index is 289. The molecule has 0 amide bonds. The van der Waals surface area contributed by atoms with E-state index in [9.17, 15) is 4.79 Å². The summed E-state index contributed by atoms with van der Waals surface area (Å²) in [7, 11) is 1.72. The van der Waals surface area contributed by atoms with Crippen molar-refractivity contribution >= 4 is 29.5 Å². The van der Waals surface area contributed by atoms with Crippen molar-refractivity contribution in [1.82, 2.24) is 0 Å². The fraction of sp³-hybridized carbons (Fsp3) is 0.909. The molecule has 2 aliphatic heterocycles. The summed E-state index contributed by atoms with van der Waals surface area (Å²) in [5.74, 6) is 2.25. The molecule has 3 nitrogen and oxygen atoms in total. The van der Waals surface area contributed by atoms with Gasteiger partial charge in [0.05, 0.1) is 6.42 Å². The topological polar surface area (TPSA) is 35.5 Å². The van der Waals surface area contributed by atoms with Crippen LogP contribution < -0.4 is 0 Å². The summed E-state index contributed by atoms with van der Waals surface area (Å²) >= 11 is 3.55. The van der Waals surface area contributed by atoms with Crippen molar-refractivity contribution < 1.29 is 14.3 Å². The van der Waals surface area contributed by atoms with E-state index in [1.54, 1.807) is 30.6 Å². The molecule has 5 heteroatoms. The quantitative estimate of drug-likeness (QED) is 0.715. The zero-order valence-electron chi connectivity index (χ0n) is 9.95. The lowest BCUT2D eigenvalue weighted by Gasteiger charge is -2.46. The van der Waals surface area contributed by atoms with Crippen LogP contribution >= 0.6 is 23.5 Å². The fourth-order valence-electron chi connectivity index (χ4n) is 2.31. The van der Waals surface area contributed by atoms with Gasteiger partial charge < -0.3 is 9.47 Å². The molecule has 0 N–H and O–H groups in total. The summed E-state index contributed by atoms with van der Waals surface area (Å²) in [4.78, 5) is 11.5. The molecule has 2 saturated heterocycles. The molecule has 2 heterocycles. The maximum Gasteiger partial charge on any atom is 0.306 e. The Morgan fingerprint density at radius 2 is 2.06 bits per heavy atom. The van der Waals surface area contributed by atoms with Crippen LogP contribution in [-0.2, 0) is 14.3 Å². The number of hydrogen-bond donors (Lipinski definition) is 0. The molecule has 2 fully saturated rings. The first-order chi connectivity index (χ1) is 7.54. The van der Waals surface area contributed by atoms with Gasteiger partial charge in [-0.1, -0.05) is 6.92 Å². The lowest BCUT2D eigenvalue weighted by atomic mass is 9.91. The van der Waals surface area contributed by atoms with Crippen molar-refractivity contribution in [3.05, 3.63) is 0 Å². The molecule has 0 spiro atoms. The van der Waals surface area contributed by atoms with Crippen LogP contribution in [0.2, 0.25) is 0 Å². The van der Waals surface area contributed by atoms with Gasteiger partial charge in [0.2, 0.25) is 0 Å². The highest BCUT2D eigenvalue weighted by Crippen LogP contribution is 2.56. The smallest absolute Gasteiger partial charge is 0.306 e. The van der Waals surface area contributed by atoms with Gasteiger partial charge in [-0.3, -0.25) is 4.79 Å². The molecule has 0 bridgehead atoms. The van der Waals surface area contributed by atoms with Gasteiger partial charge in [0.25, 0.3) is 0 Å². The first kappa shape index (κ1) is 12.6. The van der Waals surface area contributed by atoms with Gasteiger partial charge in [-0.2, -0.15) is 0 Å². The van der Waals surface area contributed by atoms with E-state index in [1.807, 2.05) is 6.92 Å². The number of cyclic esters (lactones) is 1. The molecule has 0 unspecified atom stereocenters. The summed E-state index contributed by atoms with van der Waals surface area (Å²) in [6.07, 6.45) is 1.70. The van der Waals surface area contributed by atoms with Crippen LogP contribution in [0.15, 0.2) is 0 Å². The minimum atomic E-state index is -0.505. The van der Waals surface area contributed by atoms with E-state index >= 15 is 0 Å². The number of rotatable bonds is 2. The second-order valence-electron chi connectivity index (χ2n) is 4.50. The number of thioether (sulfide) groups is 2. The van der Waals surface area contributed by atoms with Crippen molar-refractivity contribution in [1.29, 1.82) is 0 Å². The lowest BCUT2D eigenvalue weighted by Crippen LogP contribution is -2.53. The first-order valence-corrected chi connectivity index (χ1v) is 7.56. The molecule has 0 aromatic carbocycles. The SMILES string of the molecule is COC1([C@]2(C)OC(=O)C[C@H]2C)SCCCS1. The van der Waals surface area contributed by atoms with Crippen LogP contribution in [0.1, 0.15) is 26.7 Å². The minimum absolute atomic E-state index is 0.0989. The molecule has 16 heavy (non-hydrogen) atoms. The fourth-order valence-corrected chi connectivity index (χ4v) is 5.73. The second kappa shape index (κ2) is 4.42. The highest BCUT2D eigenvalue weighted by Gasteiger charge is 2.60. The molecule has 0 aliphatic carbocycles. The zero-order chi connectivity index (χ0) is 11.8. The van der Waals surface area contributed by atoms with Crippen LogP contribution in [0, 0.1) is 5.92 Å². The summed E-state index contributed by atoms with van der Waals surface area (Å²) < 4.78 is 10.9. The molecule has 92 valence electrons. The van der Waals surface area contributed by atoms with Crippen molar-refractivity contribution in [2.75, 3.05) is 18.6 Å². The average Bonchev–Trinajstić information content (AvgIpc) is 2.55. The van der Waals surface area contributed by atoms with Crippen LogP contribution in [-0.4, -0.2) is 34.5 Å². The van der Waals surface area contributed by atoms with Crippen molar-refractivity contribution in [2.45, 2.75) is 36.6 Å². The van der Waals surface area contributed by atoms with Crippen molar-refractivity contribution in [3.8, 4) is 0 Å². The minimum Gasteiger partial charge on any atom is -0.454 e. The normalized spacial score (nSPS) is 38.4. The third-order valence-corrected chi connectivity index (χ3v) is 7.09. The molecule has 2 atom stereocenters. The van der Waals surface area contributed by atoms with Gasteiger partial charge in [-0.25, -0.2) is 0 Å². The average molecular weight is 262 g/mol. The van der Waals surface area contributed by atoms with Gasteiger partial charge in [0.1, 0.15) is 0 Å². The van der Waals surface area contributed by atoms with Crippen molar-refractivity contribution in [2.24, 2.45) is 5.92 Å². The zero-order valence-corrected chi connectivity index (χ0v) is 11.6. The standard InChI is InChI=1S/C11H18O3S2/c1-8-7-9(12)14-10(8,2)11(13-3)15-5-4-6-16-11/h8H,4-7H2,1-3H3/t8-,10-/m1/s1. The largest absolute Gasteiger partial charge is 0.454 e. The number of carbonyl (C=O) groups excluding carboxylic acids is 1. The van der Waals surface area contributed by atoms with E-state index in [0.717, 1.165) is 11.5 Å². The Hall–Kier alpha value is 0.130. The third-order valence-electron chi connectivity index (χ3n) is 3.49. The Labute approximate surface area is 105 Å². The first-order valence-electron chi connectivity index (χ1n) is 5.59. The summed E-state index contributed by atoms with van der Waals surface area (Å²) in [5.41, 5.74) is -0.505. The molecule has 0 radical (unpaired) electrons. The summed E-state index contributed by atoms with van der Waals surface area (Å²) in [6.45, 7) is 4.08. The number of methoxy groups -OCH3 is 1. The summed E-state index contributed by atoms with van der Waals surface area (Å²) in [5, 5.41) is 0. The highest BCUT2D eigenvalue weighted by atomic mass is 32.2. The molecule has 2 aliphatic rings. The number of hydrogen-bond acceptors (Lipinski definition) is 5. The van der Waals surface area contributed by atoms with Gasteiger partial charge in [0, 0.05) is 13.0 Å². The van der Waals surface area contributed by atoms with Crippen LogP contribution in [0.4, 0.5) is 0 Å². The molecular weight excluding hydrogens is 244 g/mol. The van der Waals surface area contributed by atoms with Gasteiger partial charge in [0.15, 0.2) is 9.87 Å². The number of esters is 1. The monoisotopic (exact) mass is 262 g/mol. The van der Waals surface area contributed by atoms with Crippen LogP contribution in [0.25, 0.3) is 0 Å². The molecule has 0 saturated carbocycles. The van der Waals surface area contributed by atoms with Crippen LogP contribution in [0.5, 0.6) is 0 Å². The van der Waals surface area contributed by atoms with Crippen LogP contribution in [0.3, 0.4) is 0 Å². The molecule has 2 rings (SSSR count). The van der Waals surface area contributed by atoms with Gasteiger partial charge in [-0.15, -0.1) is 23.5 Å². The van der Waals surface area contributed by atoms with E-state index in [0.29, 0.717) is 6.42 Å². The van der Waals surface area contributed by atoms with E-state index in [2.05, 4.69) is 6.92 Å². The van der Waals surface area contributed by atoms with E-state index in [1.165, 1.54) is 6.42 Å². The Kier molecular flexibility index (Phi) is 3.48. The van der Waals surface area contributed by atoms with Gasteiger partial charge >= 0.3 is 5.97 Å². The van der Waals surface area contributed by atoms with Gasteiger partial charge in [-0.05, 0) is 24.9 Å². The lowest BCUT2D eigenvalue weighted by molar-refractivity contribution is -0.156. The Morgan fingerprint density at radius 1 is 1.44 bits per heavy atom. The summed E-state index contributed by atoms with van der Waals surface area (Å²) in [6, 6.07) is 0. The number of ether oxygens (including phenoxy) is 2. The predicted octanol–water partition coefficient (Wildman–Crippen LogP) is 2.50. The maximum atomic E-state index is 11.5. The maximum absolute atomic E-state index is 11.5. The van der Waals surface area contributed by atoms with E-state index in [4.69, 9.17) is 9.47 Å². The second-order valence-corrected chi connectivity index (χ2v) is 7.30. The molecule has 0 aromatic heterocycles. The third kappa shape index (κ3) is 1.77. The predicted molar refractivity (Wildman–Crippen MR) is 67.6 cm³/mol. The number of carbonyl (C=O) groups is 1. The Balaban J connectivity index is 2.28. The highest BCUT2D eigenvalue weighted by molar-refractivity contribution is 8.18. The van der Waals surface area contributed by atoms with Crippen molar-refractivity contribution in [3.63, 3.8) is 0 Å². The Morgan fingerprint density at radius 3 is 2.50 bits per heavy atom. The van der Waals surface area contributed by atoms with E-state index < -0.39 is 9.87 Å².